The molecule has 4 nitrogen and oxygen atoms in total. The maximum absolute atomic E-state index is 8.47. The third kappa shape index (κ3) is 2.59. The van der Waals surface area contributed by atoms with Crippen molar-refractivity contribution in [3.8, 4) is 0 Å². The monoisotopic (exact) mass is 185 g/mol. The van der Waals surface area contributed by atoms with Crippen molar-refractivity contribution in [3.63, 3.8) is 0 Å². The predicted molar refractivity (Wildman–Crippen MR) is 52.9 cm³/mol. The lowest BCUT2D eigenvalue weighted by atomic mass is 9.97. The molecule has 76 valence electrons. The van der Waals surface area contributed by atoms with Crippen LogP contribution in [0.3, 0.4) is 0 Å². The summed E-state index contributed by atoms with van der Waals surface area (Å²) in [5, 5.41) is 11.5. The van der Waals surface area contributed by atoms with Gasteiger partial charge in [-0.15, -0.1) is 0 Å². The van der Waals surface area contributed by atoms with Crippen molar-refractivity contribution >= 4 is 5.84 Å². The van der Waals surface area contributed by atoms with E-state index in [-0.39, 0.29) is 0 Å². The van der Waals surface area contributed by atoms with Crippen molar-refractivity contribution in [1.82, 2.24) is 4.90 Å². The molecule has 4 heteroatoms. The van der Waals surface area contributed by atoms with E-state index in [0.29, 0.717) is 24.5 Å². The second kappa shape index (κ2) is 4.46. The Morgan fingerprint density at radius 2 is 2.00 bits per heavy atom. The van der Waals surface area contributed by atoms with Crippen LogP contribution in [0.5, 0.6) is 0 Å². The molecule has 0 saturated carbocycles. The number of hydrogen-bond donors (Lipinski definition) is 2. The molecule has 1 saturated heterocycles. The van der Waals surface area contributed by atoms with Gasteiger partial charge >= 0.3 is 0 Å². The van der Waals surface area contributed by atoms with E-state index in [1.807, 2.05) is 0 Å². The molecule has 0 aromatic heterocycles. The van der Waals surface area contributed by atoms with Crippen LogP contribution in [0.1, 0.15) is 33.1 Å². The molecule has 1 fully saturated rings. The van der Waals surface area contributed by atoms with Crippen LogP contribution < -0.4 is 5.73 Å². The predicted octanol–water partition coefficient (Wildman–Crippen LogP) is 0.996. The van der Waals surface area contributed by atoms with Gasteiger partial charge in [-0.2, -0.15) is 0 Å². The fourth-order valence-electron chi connectivity index (χ4n) is 2.01. The van der Waals surface area contributed by atoms with Crippen LogP contribution in [0.25, 0.3) is 0 Å². The minimum atomic E-state index is 0.306. The van der Waals surface area contributed by atoms with Crippen LogP contribution in [-0.2, 0) is 0 Å². The molecule has 0 unspecified atom stereocenters. The van der Waals surface area contributed by atoms with Gasteiger partial charge in [0.15, 0.2) is 5.84 Å². The minimum Gasteiger partial charge on any atom is -0.409 e. The second-order valence-electron chi connectivity index (χ2n) is 3.89. The topological polar surface area (TPSA) is 61.8 Å². The average Bonchev–Trinajstić information content (AvgIpc) is 2.11. The van der Waals surface area contributed by atoms with Crippen molar-refractivity contribution in [2.45, 2.75) is 45.2 Å². The third-order valence-electron chi connectivity index (χ3n) is 2.85. The quantitative estimate of drug-likeness (QED) is 0.292. The van der Waals surface area contributed by atoms with E-state index in [4.69, 9.17) is 10.9 Å². The Bertz CT molecular complexity index is 183. The maximum atomic E-state index is 8.47. The van der Waals surface area contributed by atoms with Gasteiger partial charge in [0, 0.05) is 12.1 Å². The number of nitrogens with zero attached hydrogens (tertiary/aromatic N) is 2. The van der Waals surface area contributed by atoms with Crippen molar-refractivity contribution in [2.24, 2.45) is 10.9 Å². The fraction of sp³-hybridized carbons (Fsp3) is 0.889. The highest BCUT2D eigenvalue weighted by molar-refractivity contribution is 5.81. The van der Waals surface area contributed by atoms with Crippen molar-refractivity contribution in [2.75, 3.05) is 6.54 Å². The molecule has 1 aliphatic heterocycles. The third-order valence-corrected chi connectivity index (χ3v) is 2.85. The lowest BCUT2D eigenvalue weighted by Gasteiger charge is -2.38. The smallest absolute Gasteiger partial charge is 0.153 e. The Morgan fingerprint density at radius 1 is 1.46 bits per heavy atom. The molecule has 1 heterocycles. The van der Waals surface area contributed by atoms with Gasteiger partial charge < -0.3 is 10.9 Å². The Balaban J connectivity index is 2.53. The van der Waals surface area contributed by atoms with Gasteiger partial charge in [-0.3, -0.25) is 4.90 Å². The van der Waals surface area contributed by atoms with Gasteiger partial charge in [-0.1, -0.05) is 11.6 Å². The van der Waals surface area contributed by atoms with Crippen LogP contribution in [-0.4, -0.2) is 34.6 Å². The van der Waals surface area contributed by atoms with E-state index in [1.54, 1.807) is 0 Å². The number of hydrogen-bond acceptors (Lipinski definition) is 3. The van der Waals surface area contributed by atoms with E-state index < -0.39 is 0 Å². The molecule has 1 rings (SSSR count). The van der Waals surface area contributed by atoms with Crippen LogP contribution >= 0.6 is 0 Å². The molecule has 0 spiro atoms. The van der Waals surface area contributed by atoms with Crippen LogP contribution in [0.2, 0.25) is 0 Å². The number of rotatable bonds is 2. The maximum Gasteiger partial charge on any atom is 0.153 e. The standard InChI is InChI=1S/C9H19N3O/c1-7-4-3-5-8(2)12(7)6-9(10)11-13/h7-8,13H,3-6H2,1-2H3,(H2,10,11)/t7-,8-/m0/s1. The normalized spacial score (nSPS) is 32.0. The summed E-state index contributed by atoms with van der Waals surface area (Å²) in [5.41, 5.74) is 5.49. The van der Waals surface area contributed by atoms with Crippen LogP contribution in [0.4, 0.5) is 0 Å². The molecule has 2 atom stereocenters. The van der Waals surface area contributed by atoms with Gasteiger partial charge in [-0.25, -0.2) is 0 Å². The highest BCUT2D eigenvalue weighted by atomic mass is 16.4. The van der Waals surface area contributed by atoms with Crippen molar-refractivity contribution in [1.29, 1.82) is 0 Å². The summed E-state index contributed by atoms with van der Waals surface area (Å²) in [5.74, 6) is 0.306. The minimum absolute atomic E-state index is 0.306. The Morgan fingerprint density at radius 3 is 2.46 bits per heavy atom. The largest absolute Gasteiger partial charge is 0.409 e. The van der Waals surface area contributed by atoms with E-state index in [2.05, 4.69) is 23.9 Å². The number of likely N-dealkylation sites (tertiary alicyclic amines) is 1. The molecule has 0 aromatic rings. The van der Waals surface area contributed by atoms with Crippen molar-refractivity contribution in [3.05, 3.63) is 0 Å². The lowest BCUT2D eigenvalue weighted by Crippen LogP contribution is -2.47. The Labute approximate surface area is 79.4 Å². The summed E-state index contributed by atoms with van der Waals surface area (Å²) >= 11 is 0. The number of piperidine rings is 1. The molecular formula is C9H19N3O. The summed E-state index contributed by atoms with van der Waals surface area (Å²) in [4.78, 5) is 2.29. The highest BCUT2D eigenvalue weighted by Gasteiger charge is 2.24. The van der Waals surface area contributed by atoms with E-state index >= 15 is 0 Å². The second-order valence-corrected chi connectivity index (χ2v) is 3.89. The highest BCUT2D eigenvalue weighted by Crippen LogP contribution is 2.21. The summed E-state index contributed by atoms with van der Waals surface area (Å²) in [6.45, 7) is 4.97. The first-order chi connectivity index (χ1) is 6.15. The SMILES string of the molecule is C[C@H]1CCC[C@H](C)N1C/C(N)=N\O. The van der Waals surface area contributed by atoms with Gasteiger partial charge in [0.05, 0.1) is 6.54 Å². The van der Waals surface area contributed by atoms with Gasteiger partial charge in [-0.05, 0) is 26.7 Å². The van der Waals surface area contributed by atoms with E-state index in [0.717, 1.165) is 0 Å². The summed E-state index contributed by atoms with van der Waals surface area (Å²) in [7, 11) is 0. The summed E-state index contributed by atoms with van der Waals surface area (Å²) in [6.07, 6.45) is 3.71. The number of amidine groups is 1. The summed E-state index contributed by atoms with van der Waals surface area (Å²) in [6, 6.07) is 1.09. The molecule has 0 radical (unpaired) electrons. The number of oxime groups is 1. The molecule has 0 amide bonds. The Kier molecular flexibility index (Phi) is 3.54. The van der Waals surface area contributed by atoms with E-state index in [9.17, 15) is 0 Å². The molecule has 3 N–H and O–H groups in total. The van der Waals surface area contributed by atoms with Crippen molar-refractivity contribution < 1.29 is 5.21 Å². The zero-order chi connectivity index (χ0) is 9.84. The molecule has 13 heavy (non-hydrogen) atoms. The summed E-state index contributed by atoms with van der Waals surface area (Å²) < 4.78 is 0. The first-order valence-corrected chi connectivity index (χ1v) is 4.87. The fourth-order valence-corrected chi connectivity index (χ4v) is 2.01. The van der Waals surface area contributed by atoms with Crippen LogP contribution in [0.15, 0.2) is 5.16 Å². The first-order valence-electron chi connectivity index (χ1n) is 4.87. The molecule has 1 aliphatic rings. The van der Waals surface area contributed by atoms with E-state index in [1.165, 1.54) is 19.3 Å². The van der Waals surface area contributed by atoms with Crippen LogP contribution in [0, 0.1) is 0 Å². The molecular weight excluding hydrogens is 166 g/mol. The van der Waals surface area contributed by atoms with Gasteiger partial charge in [0.2, 0.25) is 0 Å². The Hall–Kier alpha value is -0.770. The first kappa shape index (κ1) is 10.3. The molecule has 0 aromatic carbocycles. The zero-order valence-electron chi connectivity index (χ0n) is 8.40. The average molecular weight is 185 g/mol. The van der Waals surface area contributed by atoms with Gasteiger partial charge in [0.1, 0.15) is 0 Å². The number of nitrogens with two attached hydrogens (primary N) is 1. The lowest BCUT2D eigenvalue weighted by molar-refractivity contribution is 0.122. The molecule has 0 aliphatic carbocycles. The zero-order valence-corrected chi connectivity index (χ0v) is 8.40. The molecule has 0 bridgehead atoms. The van der Waals surface area contributed by atoms with Gasteiger partial charge in [0.25, 0.3) is 0 Å².